The van der Waals surface area contributed by atoms with E-state index in [1.165, 1.54) is 11.0 Å². The Kier molecular flexibility index (Phi) is 4.45. The molecule has 27 heavy (non-hydrogen) atoms. The van der Waals surface area contributed by atoms with Gasteiger partial charge in [-0.15, -0.1) is 0 Å². The van der Waals surface area contributed by atoms with Gasteiger partial charge in [0, 0.05) is 4.47 Å². The van der Waals surface area contributed by atoms with Gasteiger partial charge in [-0.3, -0.25) is 19.8 Å². The molecular weight excluding hydrogens is 432 g/mol. The molecule has 2 heterocycles. The number of carbonyl (C=O) groups is 2. The number of amides is 2. The molecule has 0 bridgehead atoms. The van der Waals surface area contributed by atoms with Gasteiger partial charge in [0.2, 0.25) is 6.79 Å². The molecule has 8 heteroatoms. The van der Waals surface area contributed by atoms with E-state index in [9.17, 15) is 9.59 Å². The zero-order valence-corrected chi connectivity index (χ0v) is 16.5. The molecule has 2 amide bonds. The molecule has 6 nitrogen and oxygen atoms in total. The lowest BCUT2D eigenvalue weighted by Crippen LogP contribution is -2.54. The third kappa shape index (κ3) is 3.22. The summed E-state index contributed by atoms with van der Waals surface area (Å²) in [5.41, 5.74) is 2.24. The van der Waals surface area contributed by atoms with E-state index in [1.807, 2.05) is 19.1 Å². The summed E-state index contributed by atoms with van der Waals surface area (Å²) in [6.07, 6.45) is 1.51. The van der Waals surface area contributed by atoms with Crippen LogP contribution in [0.1, 0.15) is 11.1 Å². The number of hydrogen-bond acceptors (Lipinski definition) is 5. The molecule has 1 saturated heterocycles. The Hall–Kier alpha value is -2.71. The van der Waals surface area contributed by atoms with Gasteiger partial charge >= 0.3 is 0 Å². The molecule has 0 aliphatic carbocycles. The molecule has 1 fully saturated rings. The van der Waals surface area contributed by atoms with Crippen LogP contribution >= 0.6 is 28.1 Å². The maximum absolute atomic E-state index is 13.0. The summed E-state index contributed by atoms with van der Waals surface area (Å²) in [7, 11) is 0. The third-order valence-corrected chi connectivity index (χ3v) is 5.16. The van der Waals surface area contributed by atoms with E-state index in [4.69, 9.17) is 21.7 Å². The molecule has 2 aliphatic rings. The van der Waals surface area contributed by atoms with Crippen LogP contribution in [0.25, 0.3) is 6.08 Å². The molecular formula is C19H13BrN2O4S. The lowest BCUT2D eigenvalue weighted by atomic mass is 10.1. The van der Waals surface area contributed by atoms with Crippen LogP contribution in [0.4, 0.5) is 5.69 Å². The fraction of sp³-hybridized carbons (Fsp3) is 0.105. The smallest absolute Gasteiger partial charge is 0.270 e. The van der Waals surface area contributed by atoms with Crippen LogP contribution in [-0.4, -0.2) is 23.7 Å². The van der Waals surface area contributed by atoms with Crippen LogP contribution in [0.15, 0.2) is 46.4 Å². The highest BCUT2D eigenvalue weighted by atomic mass is 79.9. The number of benzene rings is 2. The van der Waals surface area contributed by atoms with Crippen molar-refractivity contribution in [3.63, 3.8) is 0 Å². The number of hydrogen-bond donors (Lipinski definition) is 1. The summed E-state index contributed by atoms with van der Waals surface area (Å²) in [6, 6.07) is 10.8. The van der Waals surface area contributed by atoms with Crippen molar-refractivity contribution >= 4 is 56.8 Å². The molecule has 1 N–H and O–H groups in total. The van der Waals surface area contributed by atoms with Gasteiger partial charge in [0.05, 0.1) is 5.69 Å². The van der Waals surface area contributed by atoms with Crippen molar-refractivity contribution in [3.05, 3.63) is 57.6 Å². The standard InChI is InChI=1S/C19H13BrN2O4S/c1-10-2-4-12(5-3-10)22-18(24)13(17(23)21-19(22)27)6-11-7-15-16(8-14(11)20)26-9-25-15/h2-8H,9H2,1H3,(H,21,23,27)/b13-6-. The average molecular weight is 445 g/mol. The number of nitrogens with one attached hydrogen (secondary N) is 1. The Morgan fingerprint density at radius 3 is 2.52 bits per heavy atom. The first-order valence-corrected chi connectivity index (χ1v) is 9.21. The normalized spacial score (nSPS) is 17.5. The van der Waals surface area contributed by atoms with Crippen LogP contribution in [0.5, 0.6) is 11.5 Å². The quantitative estimate of drug-likeness (QED) is 0.437. The maximum Gasteiger partial charge on any atom is 0.270 e. The van der Waals surface area contributed by atoms with Crippen molar-refractivity contribution < 1.29 is 19.1 Å². The Morgan fingerprint density at radius 2 is 1.81 bits per heavy atom. The Balaban J connectivity index is 1.75. The number of halogens is 1. The highest BCUT2D eigenvalue weighted by Crippen LogP contribution is 2.38. The minimum Gasteiger partial charge on any atom is -0.454 e. The van der Waals surface area contributed by atoms with Gasteiger partial charge in [-0.25, -0.2) is 0 Å². The zero-order chi connectivity index (χ0) is 19.1. The number of fused-ring (bicyclic) bond motifs is 1. The number of carbonyl (C=O) groups excluding carboxylic acids is 2. The van der Waals surface area contributed by atoms with E-state index < -0.39 is 11.8 Å². The minimum atomic E-state index is -0.544. The monoisotopic (exact) mass is 444 g/mol. The van der Waals surface area contributed by atoms with Crippen molar-refractivity contribution in [2.75, 3.05) is 11.7 Å². The van der Waals surface area contributed by atoms with E-state index in [0.29, 0.717) is 27.2 Å². The van der Waals surface area contributed by atoms with E-state index in [0.717, 1.165) is 5.56 Å². The van der Waals surface area contributed by atoms with Crippen molar-refractivity contribution in [1.82, 2.24) is 5.32 Å². The second-order valence-electron chi connectivity index (χ2n) is 6.02. The van der Waals surface area contributed by atoms with Crippen LogP contribution in [0.2, 0.25) is 0 Å². The van der Waals surface area contributed by atoms with Gasteiger partial charge in [-0.05, 0) is 55.0 Å². The van der Waals surface area contributed by atoms with Crippen LogP contribution < -0.4 is 19.7 Å². The van der Waals surface area contributed by atoms with Gasteiger partial charge in [-0.1, -0.05) is 33.6 Å². The predicted octanol–water partition coefficient (Wildman–Crippen LogP) is 3.32. The first-order valence-electron chi connectivity index (χ1n) is 8.01. The number of aryl methyl sites for hydroxylation is 1. The molecule has 2 aliphatic heterocycles. The summed E-state index contributed by atoms with van der Waals surface area (Å²) in [5.74, 6) is 0.126. The van der Waals surface area contributed by atoms with Gasteiger partial charge in [-0.2, -0.15) is 0 Å². The minimum absolute atomic E-state index is 0.0243. The highest BCUT2D eigenvalue weighted by Gasteiger charge is 2.34. The number of anilines is 1. The molecule has 2 aromatic rings. The molecule has 2 aromatic carbocycles. The van der Waals surface area contributed by atoms with Crippen molar-refractivity contribution in [3.8, 4) is 11.5 Å². The number of thiocarbonyl (C=S) groups is 1. The van der Waals surface area contributed by atoms with E-state index in [1.54, 1.807) is 24.3 Å². The second-order valence-corrected chi connectivity index (χ2v) is 7.26. The fourth-order valence-corrected chi connectivity index (χ4v) is 3.50. The molecule has 0 spiro atoms. The molecule has 0 saturated carbocycles. The third-order valence-electron chi connectivity index (χ3n) is 4.19. The second kappa shape index (κ2) is 6.79. The van der Waals surface area contributed by atoms with Gasteiger partial charge in [0.25, 0.3) is 11.8 Å². The first kappa shape index (κ1) is 17.7. The van der Waals surface area contributed by atoms with E-state index in [-0.39, 0.29) is 17.5 Å². The lowest BCUT2D eigenvalue weighted by Gasteiger charge is -2.29. The molecule has 136 valence electrons. The molecule has 0 radical (unpaired) electrons. The largest absolute Gasteiger partial charge is 0.454 e. The van der Waals surface area contributed by atoms with Crippen LogP contribution in [-0.2, 0) is 9.59 Å². The van der Waals surface area contributed by atoms with Gasteiger partial charge in [0.15, 0.2) is 16.6 Å². The number of rotatable bonds is 2. The van der Waals surface area contributed by atoms with Crippen LogP contribution in [0.3, 0.4) is 0 Å². The first-order chi connectivity index (χ1) is 12.9. The summed E-state index contributed by atoms with van der Waals surface area (Å²) < 4.78 is 11.4. The van der Waals surface area contributed by atoms with Gasteiger partial charge in [0.1, 0.15) is 5.57 Å². The summed E-state index contributed by atoms with van der Waals surface area (Å²) in [5, 5.41) is 2.62. The maximum atomic E-state index is 13.0. The van der Waals surface area contributed by atoms with Crippen molar-refractivity contribution in [2.45, 2.75) is 6.92 Å². The van der Waals surface area contributed by atoms with Crippen molar-refractivity contribution in [1.29, 1.82) is 0 Å². The van der Waals surface area contributed by atoms with Gasteiger partial charge < -0.3 is 9.47 Å². The Morgan fingerprint density at radius 1 is 1.15 bits per heavy atom. The average Bonchev–Trinajstić information content (AvgIpc) is 3.07. The van der Waals surface area contributed by atoms with Crippen LogP contribution in [0, 0.1) is 6.92 Å². The topological polar surface area (TPSA) is 67.9 Å². The SMILES string of the molecule is Cc1ccc(N2C(=O)/C(=C\c3cc4c(cc3Br)OCO4)C(=O)NC2=S)cc1. The molecule has 4 rings (SSSR count). The molecule has 0 unspecified atom stereocenters. The number of nitrogens with zero attached hydrogens (tertiary/aromatic N) is 1. The zero-order valence-electron chi connectivity index (χ0n) is 14.1. The summed E-state index contributed by atoms with van der Waals surface area (Å²) >= 11 is 8.64. The number of ether oxygens (including phenoxy) is 2. The Bertz CT molecular complexity index is 1020. The van der Waals surface area contributed by atoms with E-state index in [2.05, 4.69) is 21.2 Å². The fourth-order valence-electron chi connectivity index (χ4n) is 2.78. The predicted molar refractivity (Wildman–Crippen MR) is 108 cm³/mol. The van der Waals surface area contributed by atoms with Crippen molar-refractivity contribution in [2.24, 2.45) is 0 Å². The molecule has 0 atom stereocenters. The van der Waals surface area contributed by atoms with E-state index >= 15 is 0 Å². The summed E-state index contributed by atoms with van der Waals surface area (Å²) in [6.45, 7) is 2.08. The lowest BCUT2D eigenvalue weighted by molar-refractivity contribution is -0.122. The highest BCUT2D eigenvalue weighted by molar-refractivity contribution is 9.10. The Labute approximate surface area is 168 Å². The molecule has 0 aromatic heterocycles. The summed E-state index contributed by atoms with van der Waals surface area (Å²) in [4.78, 5) is 26.7.